The Morgan fingerprint density at radius 1 is 1.35 bits per heavy atom. The van der Waals surface area contributed by atoms with Gasteiger partial charge in [0.25, 0.3) is 0 Å². The van der Waals surface area contributed by atoms with Gasteiger partial charge in [-0.3, -0.25) is 9.59 Å². The van der Waals surface area contributed by atoms with Crippen LogP contribution < -0.4 is 9.47 Å². The SMILES string of the molecule is CC1(C(=O)O)CCN(C(=O)Cc2csc(-c3ccc4c(c3)OCO4)n2)C1. The van der Waals surface area contributed by atoms with Crippen LogP contribution in [0.1, 0.15) is 19.0 Å². The Hall–Kier alpha value is -2.61. The average molecular weight is 374 g/mol. The predicted molar refractivity (Wildman–Crippen MR) is 94.3 cm³/mol. The van der Waals surface area contributed by atoms with Crippen LogP contribution in [0.2, 0.25) is 0 Å². The molecule has 1 atom stereocenters. The zero-order valence-electron chi connectivity index (χ0n) is 14.2. The summed E-state index contributed by atoms with van der Waals surface area (Å²) in [5.41, 5.74) is 0.754. The van der Waals surface area contributed by atoms with Crippen LogP contribution in [-0.2, 0) is 16.0 Å². The summed E-state index contributed by atoms with van der Waals surface area (Å²) < 4.78 is 10.7. The molecule has 26 heavy (non-hydrogen) atoms. The number of carboxylic acids is 1. The highest BCUT2D eigenvalue weighted by Crippen LogP contribution is 2.37. The van der Waals surface area contributed by atoms with E-state index >= 15 is 0 Å². The van der Waals surface area contributed by atoms with Crippen molar-refractivity contribution in [1.29, 1.82) is 0 Å². The normalized spacial score (nSPS) is 21.2. The molecule has 1 aromatic carbocycles. The van der Waals surface area contributed by atoms with Crippen molar-refractivity contribution in [1.82, 2.24) is 9.88 Å². The maximum absolute atomic E-state index is 12.5. The highest BCUT2D eigenvalue weighted by atomic mass is 32.1. The second-order valence-electron chi connectivity index (χ2n) is 6.82. The van der Waals surface area contributed by atoms with Gasteiger partial charge in [0.15, 0.2) is 11.5 Å². The van der Waals surface area contributed by atoms with E-state index in [2.05, 4.69) is 4.98 Å². The zero-order chi connectivity index (χ0) is 18.3. The summed E-state index contributed by atoms with van der Waals surface area (Å²) in [4.78, 5) is 30.0. The molecular formula is C18H18N2O5S. The number of likely N-dealkylation sites (tertiary alicyclic amines) is 1. The highest BCUT2D eigenvalue weighted by molar-refractivity contribution is 7.13. The van der Waals surface area contributed by atoms with Crippen LogP contribution >= 0.6 is 11.3 Å². The number of thiazole rings is 1. The molecule has 2 aliphatic rings. The third-order valence-electron chi connectivity index (χ3n) is 4.85. The molecule has 0 aliphatic carbocycles. The monoisotopic (exact) mass is 374 g/mol. The molecule has 0 spiro atoms. The lowest BCUT2D eigenvalue weighted by molar-refractivity contribution is -0.147. The van der Waals surface area contributed by atoms with E-state index in [0.717, 1.165) is 16.3 Å². The van der Waals surface area contributed by atoms with E-state index < -0.39 is 11.4 Å². The number of benzene rings is 1. The molecule has 136 valence electrons. The van der Waals surface area contributed by atoms with Crippen molar-refractivity contribution in [3.8, 4) is 22.1 Å². The Bertz CT molecular complexity index is 880. The minimum absolute atomic E-state index is 0.0856. The minimum Gasteiger partial charge on any atom is -0.481 e. The number of carbonyl (C=O) groups is 2. The van der Waals surface area contributed by atoms with Gasteiger partial charge in [0.1, 0.15) is 5.01 Å². The Balaban J connectivity index is 1.44. The van der Waals surface area contributed by atoms with Crippen molar-refractivity contribution in [3.63, 3.8) is 0 Å². The number of ether oxygens (including phenoxy) is 2. The third-order valence-corrected chi connectivity index (χ3v) is 5.79. The lowest BCUT2D eigenvalue weighted by Crippen LogP contribution is -2.35. The van der Waals surface area contributed by atoms with Gasteiger partial charge in [-0.25, -0.2) is 4.98 Å². The molecule has 3 heterocycles. The van der Waals surface area contributed by atoms with Crippen LogP contribution in [-0.4, -0.2) is 46.7 Å². The number of hydrogen-bond donors (Lipinski definition) is 1. The Kier molecular flexibility index (Phi) is 4.07. The van der Waals surface area contributed by atoms with Gasteiger partial charge >= 0.3 is 5.97 Å². The smallest absolute Gasteiger partial charge is 0.311 e. The maximum Gasteiger partial charge on any atom is 0.311 e. The molecule has 7 nitrogen and oxygen atoms in total. The first-order chi connectivity index (χ1) is 12.4. The standard InChI is InChI=1S/C18H18N2O5S/c1-18(17(22)23)4-5-20(9-18)15(21)7-12-8-26-16(19-12)11-2-3-13-14(6-11)25-10-24-13/h2-3,6,8H,4-5,7,9-10H2,1H3,(H,22,23). The van der Waals surface area contributed by atoms with Crippen LogP contribution in [0.3, 0.4) is 0 Å². The Morgan fingerprint density at radius 3 is 2.92 bits per heavy atom. The number of aromatic nitrogens is 1. The van der Waals surface area contributed by atoms with Crippen molar-refractivity contribution in [2.75, 3.05) is 19.9 Å². The van der Waals surface area contributed by atoms with Crippen LogP contribution in [0.15, 0.2) is 23.6 Å². The van der Waals surface area contributed by atoms with E-state index in [1.54, 1.807) is 11.8 Å². The summed E-state index contributed by atoms with van der Waals surface area (Å²) in [6, 6.07) is 5.64. The van der Waals surface area contributed by atoms with E-state index in [4.69, 9.17) is 9.47 Å². The maximum atomic E-state index is 12.5. The van der Waals surface area contributed by atoms with Crippen LogP contribution in [0.5, 0.6) is 11.5 Å². The van der Waals surface area contributed by atoms with Gasteiger partial charge in [-0.1, -0.05) is 0 Å². The lowest BCUT2D eigenvalue weighted by Gasteiger charge is -2.19. The number of rotatable bonds is 4. The van der Waals surface area contributed by atoms with Crippen molar-refractivity contribution in [2.24, 2.45) is 5.41 Å². The van der Waals surface area contributed by atoms with Crippen LogP contribution in [0.4, 0.5) is 0 Å². The molecule has 1 amide bonds. The van der Waals surface area contributed by atoms with E-state index in [0.29, 0.717) is 24.4 Å². The third kappa shape index (κ3) is 3.01. The van der Waals surface area contributed by atoms with Gasteiger partial charge in [0.2, 0.25) is 12.7 Å². The van der Waals surface area contributed by atoms with Crippen LogP contribution in [0.25, 0.3) is 10.6 Å². The van der Waals surface area contributed by atoms with Crippen molar-refractivity contribution in [3.05, 3.63) is 29.3 Å². The molecular weight excluding hydrogens is 356 g/mol. The van der Waals surface area contributed by atoms with E-state index in [-0.39, 0.29) is 25.7 Å². The van der Waals surface area contributed by atoms with Gasteiger partial charge in [-0.2, -0.15) is 0 Å². The molecule has 8 heteroatoms. The lowest BCUT2D eigenvalue weighted by atomic mass is 9.90. The number of hydrogen-bond acceptors (Lipinski definition) is 6. The number of carboxylic acid groups (broad SMARTS) is 1. The summed E-state index contributed by atoms with van der Waals surface area (Å²) in [5.74, 6) is 0.473. The van der Waals surface area contributed by atoms with E-state index in [1.807, 2.05) is 23.6 Å². The summed E-state index contributed by atoms with van der Waals surface area (Å²) >= 11 is 1.46. The fourth-order valence-corrected chi connectivity index (χ4v) is 3.98. The molecule has 1 unspecified atom stereocenters. The van der Waals surface area contributed by atoms with Crippen molar-refractivity contribution in [2.45, 2.75) is 19.8 Å². The van der Waals surface area contributed by atoms with Crippen molar-refractivity contribution >= 4 is 23.2 Å². The first-order valence-corrected chi connectivity index (χ1v) is 9.18. The molecule has 0 bridgehead atoms. The van der Waals surface area contributed by atoms with Crippen LogP contribution in [0, 0.1) is 5.41 Å². The molecule has 2 aliphatic heterocycles. The number of aliphatic carboxylic acids is 1. The molecule has 0 saturated carbocycles. The topological polar surface area (TPSA) is 89.0 Å². The molecule has 2 aromatic rings. The molecule has 1 N–H and O–H groups in total. The second kappa shape index (κ2) is 6.28. The minimum atomic E-state index is -0.855. The predicted octanol–water partition coefficient (Wildman–Crippen LogP) is 2.40. The number of fused-ring (bicyclic) bond motifs is 1. The quantitative estimate of drug-likeness (QED) is 0.884. The first-order valence-electron chi connectivity index (χ1n) is 8.30. The van der Waals surface area contributed by atoms with Gasteiger partial charge < -0.3 is 19.5 Å². The Morgan fingerprint density at radius 2 is 2.15 bits per heavy atom. The Labute approximate surface area is 154 Å². The molecule has 0 radical (unpaired) electrons. The fourth-order valence-electron chi connectivity index (χ4n) is 3.17. The van der Waals surface area contributed by atoms with E-state index in [9.17, 15) is 14.7 Å². The molecule has 1 fully saturated rings. The average Bonchev–Trinajstić information content (AvgIpc) is 3.33. The fraction of sp³-hybridized carbons (Fsp3) is 0.389. The van der Waals surface area contributed by atoms with Gasteiger partial charge in [-0.15, -0.1) is 11.3 Å². The summed E-state index contributed by atoms with van der Waals surface area (Å²) in [5, 5.41) is 12.0. The van der Waals surface area contributed by atoms with Crippen molar-refractivity contribution < 1.29 is 24.2 Å². The largest absolute Gasteiger partial charge is 0.481 e. The number of nitrogens with zero attached hydrogens (tertiary/aromatic N) is 2. The zero-order valence-corrected chi connectivity index (χ0v) is 15.0. The van der Waals surface area contributed by atoms with Gasteiger partial charge in [-0.05, 0) is 31.5 Å². The van der Waals surface area contributed by atoms with E-state index in [1.165, 1.54) is 11.3 Å². The summed E-state index contributed by atoms with van der Waals surface area (Å²) in [7, 11) is 0. The second-order valence-corrected chi connectivity index (χ2v) is 7.68. The molecule has 1 aromatic heterocycles. The van der Waals surface area contributed by atoms with Gasteiger partial charge in [0, 0.05) is 24.0 Å². The molecule has 4 rings (SSSR count). The molecule has 1 saturated heterocycles. The first kappa shape index (κ1) is 16.8. The number of carbonyl (C=O) groups excluding carboxylic acids is 1. The van der Waals surface area contributed by atoms with Gasteiger partial charge in [0.05, 0.1) is 17.5 Å². The highest BCUT2D eigenvalue weighted by Gasteiger charge is 2.42. The summed E-state index contributed by atoms with van der Waals surface area (Å²) in [6.07, 6.45) is 0.657. The number of amides is 1. The summed E-state index contributed by atoms with van der Waals surface area (Å²) in [6.45, 7) is 2.63.